The Morgan fingerprint density at radius 3 is 2.69 bits per heavy atom. The summed E-state index contributed by atoms with van der Waals surface area (Å²) < 4.78 is 36.6. The van der Waals surface area contributed by atoms with E-state index >= 15 is 0 Å². The van der Waals surface area contributed by atoms with Crippen LogP contribution < -0.4 is 13.6 Å². The van der Waals surface area contributed by atoms with Gasteiger partial charge in [-0.25, -0.2) is 4.72 Å². The maximum absolute atomic E-state index is 12.1. The third-order valence-corrected chi connectivity index (χ3v) is 8.64. The largest absolute Gasteiger partial charge is 0.493 e. The third kappa shape index (κ3) is 3.62. The van der Waals surface area contributed by atoms with Gasteiger partial charge in [0.2, 0.25) is 5.91 Å². The number of ether oxygens (including phenoxy) is 1. The van der Waals surface area contributed by atoms with Gasteiger partial charge in [0, 0.05) is 6.92 Å². The van der Waals surface area contributed by atoms with E-state index in [-0.39, 0.29) is 5.75 Å². The van der Waals surface area contributed by atoms with Crippen LogP contribution in [0.4, 0.5) is 0 Å². The maximum Gasteiger partial charge on any atom is 0.409 e. The summed E-state index contributed by atoms with van der Waals surface area (Å²) >= 11 is 0. The first kappa shape index (κ1) is 20.5. The fraction of sp³-hybridized carbons (Fsp3) is 0.682. The molecule has 3 aliphatic rings. The number of nitrogens with one attached hydrogen (secondary N) is 1. The van der Waals surface area contributed by atoms with E-state index in [2.05, 4.69) is 6.92 Å². The molecule has 1 amide bonds. The molecule has 1 N–H and O–H groups in total. The molecule has 1 aromatic carbocycles. The Kier molecular flexibility index (Phi) is 5.30. The summed E-state index contributed by atoms with van der Waals surface area (Å²) in [7, 11) is -2.71. The zero-order valence-electron chi connectivity index (χ0n) is 17.5. The van der Waals surface area contributed by atoms with Gasteiger partial charge in [-0.2, -0.15) is 8.42 Å². The van der Waals surface area contributed by atoms with Crippen LogP contribution in [-0.2, 0) is 21.5 Å². The number of aryl methyl sites for hydroxylation is 1. The van der Waals surface area contributed by atoms with Crippen molar-refractivity contribution in [1.29, 1.82) is 0 Å². The summed E-state index contributed by atoms with van der Waals surface area (Å²) in [5, 5.41) is 0. The van der Waals surface area contributed by atoms with Gasteiger partial charge < -0.3 is 8.92 Å². The van der Waals surface area contributed by atoms with Gasteiger partial charge in [0.05, 0.1) is 7.11 Å². The fourth-order valence-corrected chi connectivity index (χ4v) is 7.29. The molecule has 0 aromatic heterocycles. The van der Waals surface area contributed by atoms with E-state index in [9.17, 15) is 13.2 Å². The molecule has 7 heteroatoms. The van der Waals surface area contributed by atoms with Crippen LogP contribution in [0.3, 0.4) is 0 Å². The van der Waals surface area contributed by atoms with Crippen molar-refractivity contribution in [2.45, 2.75) is 71.1 Å². The first-order valence-corrected chi connectivity index (χ1v) is 12.1. The van der Waals surface area contributed by atoms with Crippen molar-refractivity contribution in [3.63, 3.8) is 0 Å². The predicted molar refractivity (Wildman–Crippen MR) is 110 cm³/mol. The van der Waals surface area contributed by atoms with Crippen molar-refractivity contribution in [2.24, 2.45) is 17.3 Å². The van der Waals surface area contributed by atoms with Crippen LogP contribution in [-0.4, -0.2) is 21.4 Å². The monoisotopic (exact) mass is 421 g/mol. The number of carbonyl (C=O) groups is 1. The second kappa shape index (κ2) is 7.49. The number of amides is 1. The highest BCUT2D eigenvalue weighted by atomic mass is 32.2. The number of fused-ring (bicyclic) bond motifs is 5. The summed E-state index contributed by atoms with van der Waals surface area (Å²) in [4.78, 5) is 11.1. The van der Waals surface area contributed by atoms with Crippen LogP contribution in [0, 0.1) is 17.3 Å². The molecule has 0 aliphatic heterocycles. The summed E-state index contributed by atoms with van der Waals surface area (Å²) in [5.74, 6) is 1.87. The number of hydrogen-bond acceptors (Lipinski definition) is 5. The highest BCUT2D eigenvalue weighted by molar-refractivity contribution is 7.85. The number of rotatable bonds is 5. The molecular weight excluding hydrogens is 390 g/mol. The van der Waals surface area contributed by atoms with Gasteiger partial charge in [0.1, 0.15) is 0 Å². The molecule has 4 atom stereocenters. The Balaban J connectivity index is 1.65. The SMILES string of the molecule is CC[C@@]12CCCC1C1CCc3cc(OS(=O)(=O)NC(C)=O)c(OC)cc3C1CC2. The zero-order valence-corrected chi connectivity index (χ0v) is 18.3. The highest BCUT2D eigenvalue weighted by Gasteiger charge is 2.51. The van der Waals surface area contributed by atoms with Gasteiger partial charge in [0.15, 0.2) is 11.5 Å². The average Bonchev–Trinajstić information content (AvgIpc) is 3.10. The Bertz CT molecular complexity index is 912. The minimum atomic E-state index is -4.22. The Morgan fingerprint density at radius 2 is 2.00 bits per heavy atom. The quantitative estimate of drug-likeness (QED) is 0.774. The Hall–Kier alpha value is -1.76. The minimum absolute atomic E-state index is 0.137. The van der Waals surface area contributed by atoms with E-state index in [4.69, 9.17) is 8.92 Å². The molecule has 3 aliphatic carbocycles. The van der Waals surface area contributed by atoms with Crippen LogP contribution in [0.25, 0.3) is 0 Å². The first-order chi connectivity index (χ1) is 13.8. The van der Waals surface area contributed by atoms with Crippen LogP contribution in [0.5, 0.6) is 11.5 Å². The van der Waals surface area contributed by atoms with E-state index in [1.165, 1.54) is 51.2 Å². The van der Waals surface area contributed by atoms with Gasteiger partial charge in [-0.3, -0.25) is 4.79 Å². The minimum Gasteiger partial charge on any atom is -0.493 e. The molecule has 6 nitrogen and oxygen atoms in total. The number of methoxy groups -OCH3 is 1. The lowest BCUT2D eigenvalue weighted by Crippen LogP contribution is -2.40. The molecule has 2 saturated carbocycles. The Labute approximate surface area is 173 Å². The molecule has 0 bridgehead atoms. The molecular formula is C22H31NO5S. The second-order valence-electron chi connectivity index (χ2n) is 8.96. The van der Waals surface area contributed by atoms with Gasteiger partial charge in [-0.05, 0) is 85.0 Å². The van der Waals surface area contributed by atoms with Gasteiger partial charge >= 0.3 is 10.3 Å². The standard InChI is InChI=1S/C22H31NO5S/c1-4-22-10-5-6-19(22)17-8-7-15-12-21(28-29(25,26)23-14(2)24)20(27-3)13-18(15)16(17)9-11-22/h12-13,16-17,19H,4-11H2,1-3H3,(H,23,24)/t16?,17?,19?,22-/m0/s1. The average molecular weight is 422 g/mol. The zero-order chi connectivity index (χ0) is 20.8. The smallest absolute Gasteiger partial charge is 0.409 e. The van der Waals surface area contributed by atoms with Crippen LogP contribution >= 0.6 is 0 Å². The van der Waals surface area contributed by atoms with Crippen molar-refractivity contribution in [1.82, 2.24) is 4.72 Å². The van der Waals surface area contributed by atoms with E-state index in [0.29, 0.717) is 23.0 Å². The normalized spacial score (nSPS) is 30.7. The van der Waals surface area contributed by atoms with E-state index in [1.807, 2.05) is 10.8 Å². The highest BCUT2D eigenvalue weighted by Crippen LogP contribution is 2.62. The van der Waals surface area contributed by atoms with Crippen molar-refractivity contribution in [3.8, 4) is 11.5 Å². The molecule has 0 heterocycles. The molecule has 160 valence electrons. The number of benzene rings is 1. The van der Waals surface area contributed by atoms with Crippen LogP contribution in [0.2, 0.25) is 0 Å². The van der Waals surface area contributed by atoms with Crippen molar-refractivity contribution < 1.29 is 22.1 Å². The van der Waals surface area contributed by atoms with Crippen LogP contribution in [0.1, 0.15) is 75.8 Å². The summed E-state index contributed by atoms with van der Waals surface area (Å²) in [6.07, 6.45) is 9.90. The van der Waals surface area contributed by atoms with Gasteiger partial charge in [0.25, 0.3) is 0 Å². The van der Waals surface area contributed by atoms with Crippen molar-refractivity contribution >= 4 is 16.2 Å². The lowest BCUT2D eigenvalue weighted by molar-refractivity contribution is -0.117. The summed E-state index contributed by atoms with van der Waals surface area (Å²) in [6, 6.07) is 3.76. The van der Waals surface area contributed by atoms with E-state index < -0.39 is 16.2 Å². The van der Waals surface area contributed by atoms with Crippen molar-refractivity contribution in [2.75, 3.05) is 7.11 Å². The molecule has 2 fully saturated rings. The first-order valence-electron chi connectivity index (χ1n) is 10.7. The number of carbonyl (C=O) groups excluding carboxylic acids is 1. The summed E-state index contributed by atoms with van der Waals surface area (Å²) in [5.41, 5.74) is 2.97. The molecule has 3 unspecified atom stereocenters. The maximum atomic E-state index is 12.1. The molecule has 0 saturated heterocycles. The van der Waals surface area contributed by atoms with E-state index in [0.717, 1.165) is 31.2 Å². The molecule has 1 aromatic rings. The lowest BCUT2D eigenvalue weighted by Gasteiger charge is -2.50. The van der Waals surface area contributed by atoms with Gasteiger partial charge in [-0.1, -0.05) is 19.8 Å². The number of hydrogen-bond donors (Lipinski definition) is 1. The molecule has 0 spiro atoms. The Morgan fingerprint density at radius 1 is 1.21 bits per heavy atom. The lowest BCUT2D eigenvalue weighted by atomic mass is 9.54. The molecule has 0 radical (unpaired) electrons. The summed E-state index contributed by atoms with van der Waals surface area (Å²) in [6.45, 7) is 3.49. The predicted octanol–water partition coefficient (Wildman–Crippen LogP) is 4.09. The van der Waals surface area contributed by atoms with Gasteiger partial charge in [-0.15, -0.1) is 0 Å². The molecule has 29 heavy (non-hydrogen) atoms. The van der Waals surface area contributed by atoms with Crippen LogP contribution in [0.15, 0.2) is 12.1 Å². The van der Waals surface area contributed by atoms with Crippen molar-refractivity contribution in [3.05, 3.63) is 23.3 Å². The molecule has 4 rings (SSSR count). The van der Waals surface area contributed by atoms with E-state index in [1.54, 1.807) is 6.07 Å². The fourth-order valence-electron chi connectivity index (χ4n) is 6.53. The second-order valence-corrected chi connectivity index (χ2v) is 10.2. The third-order valence-electron chi connectivity index (χ3n) is 7.71. The topological polar surface area (TPSA) is 81.7 Å².